The van der Waals surface area contributed by atoms with Gasteiger partial charge in [0.1, 0.15) is 4.21 Å². The van der Waals surface area contributed by atoms with E-state index in [2.05, 4.69) is 5.32 Å². The summed E-state index contributed by atoms with van der Waals surface area (Å²) in [7, 11) is -3.56. The van der Waals surface area contributed by atoms with Gasteiger partial charge in [-0.15, -0.1) is 11.3 Å². The first-order valence-corrected chi connectivity index (χ1v) is 12.9. The second-order valence-electron chi connectivity index (χ2n) is 7.64. The first kappa shape index (κ1) is 21.2. The molecule has 3 aromatic rings. The van der Waals surface area contributed by atoms with Crippen LogP contribution in [0.15, 0.2) is 44.7 Å². The first-order chi connectivity index (χ1) is 14.3. The molecule has 0 radical (unpaired) electrons. The van der Waals surface area contributed by atoms with Gasteiger partial charge >= 0.3 is 4.87 Å². The van der Waals surface area contributed by atoms with Gasteiger partial charge in [0, 0.05) is 24.8 Å². The molecule has 1 unspecified atom stereocenters. The number of hydrogen-bond donors (Lipinski definition) is 1. The minimum Gasteiger partial charge on any atom is -0.326 e. The van der Waals surface area contributed by atoms with Gasteiger partial charge in [-0.3, -0.25) is 14.2 Å². The van der Waals surface area contributed by atoms with E-state index in [4.69, 9.17) is 0 Å². The molecule has 0 aliphatic carbocycles. The van der Waals surface area contributed by atoms with Gasteiger partial charge in [-0.05, 0) is 56.3 Å². The molecule has 0 spiro atoms. The Morgan fingerprint density at radius 1 is 1.27 bits per heavy atom. The summed E-state index contributed by atoms with van der Waals surface area (Å²) in [5.41, 5.74) is 1.46. The second kappa shape index (κ2) is 8.26. The van der Waals surface area contributed by atoms with E-state index in [9.17, 15) is 18.0 Å². The van der Waals surface area contributed by atoms with Crippen molar-refractivity contribution in [3.8, 4) is 0 Å². The minimum absolute atomic E-state index is 0.0230. The molecule has 0 saturated carbocycles. The second-order valence-corrected chi connectivity index (χ2v) is 11.7. The van der Waals surface area contributed by atoms with Crippen LogP contribution < -0.4 is 10.2 Å². The molecule has 10 heteroatoms. The molecule has 7 nitrogen and oxygen atoms in total. The molecule has 3 heterocycles. The van der Waals surface area contributed by atoms with E-state index in [1.165, 1.54) is 15.6 Å². The van der Waals surface area contributed by atoms with Crippen molar-refractivity contribution in [2.45, 2.75) is 36.9 Å². The summed E-state index contributed by atoms with van der Waals surface area (Å²) < 4.78 is 29.8. The highest BCUT2D eigenvalue weighted by molar-refractivity contribution is 7.91. The lowest BCUT2D eigenvalue weighted by Gasteiger charge is -2.30. The Labute approximate surface area is 183 Å². The normalized spacial score (nSPS) is 18.2. The number of thiophene rings is 1. The number of carbonyl (C=O) groups is 1. The summed E-state index contributed by atoms with van der Waals surface area (Å²) in [5.74, 6) is -0.612. The molecular formula is C20H23N3O4S3. The van der Waals surface area contributed by atoms with Crippen molar-refractivity contribution in [1.29, 1.82) is 0 Å². The maximum absolute atomic E-state index is 12.8. The monoisotopic (exact) mass is 465 g/mol. The highest BCUT2D eigenvalue weighted by atomic mass is 32.2. The van der Waals surface area contributed by atoms with Crippen LogP contribution in [-0.4, -0.2) is 36.3 Å². The zero-order chi connectivity index (χ0) is 21.5. The van der Waals surface area contributed by atoms with E-state index in [-0.39, 0.29) is 23.4 Å². The number of rotatable bonds is 5. The van der Waals surface area contributed by atoms with Crippen LogP contribution >= 0.6 is 22.7 Å². The molecule has 1 amide bonds. The number of benzene rings is 1. The SMILES string of the molecule is CC(C)n1c(=O)sc2cc(NC(=O)C3CCCN(S(=O)(=O)c4cccs4)C3)ccc21. The van der Waals surface area contributed by atoms with Gasteiger partial charge in [0.2, 0.25) is 5.91 Å². The summed E-state index contributed by atoms with van der Waals surface area (Å²) in [5, 5.41) is 4.64. The average molecular weight is 466 g/mol. The van der Waals surface area contributed by atoms with Crippen molar-refractivity contribution in [3.05, 3.63) is 45.4 Å². The van der Waals surface area contributed by atoms with Crippen LogP contribution in [0.5, 0.6) is 0 Å². The summed E-state index contributed by atoms with van der Waals surface area (Å²) >= 11 is 2.34. The Bertz CT molecular complexity index is 1230. The Hall–Kier alpha value is -2.01. The van der Waals surface area contributed by atoms with Gasteiger partial charge in [0.15, 0.2) is 0 Å². The van der Waals surface area contributed by atoms with Crippen molar-refractivity contribution < 1.29 is 13.2 Å². The summed E-state index contributed by atoms with van der Waals surface area (Å²) in [6, 6.07) is 8.80. The van der Waals surface area contributed by atoms with E-state index in [0.29, 0.717) is 29.3 Å². The number of hydrogen-bond acceptors (Lipinski definition) is 6. The number of thiazole rings is 1. The van der Waals surface area contributed by atoms with E-state index in [1.54, 1.807) is 34.2 Å². The van der Waals surface area contributed by atoms with Crippen molar-refractivity contribution in [3.63, 3.8) is 0 Å². The lowest BCUT2D eigenvalue weighted by molar-refractivity contribution is -0.120. The Morgan fingerprint density at radius 2 is 2.07 bits per heavy atom. The first-order valence-electron chi connectivity index (χ1n) is 9.77. The molecule has 30 heavy (non-hydrogen) atoms. The molecule has 1 aromatic carbocycles. The molecule has 1 N–H and O–H groups in total. The molecule has 1 aliphatic rings. The van der Waals surface area contributed by atoms with Crippen LogP contribution in [0.3, 0.4) is 0 Å². The maximum atomic E-state index is 12.8. The molecule has 2 aromatic heterocycles. The largest absolute Gasteiger partial charge is 0.326 e. The summed E-state index contributed by atoms with van der Waals surface area (Å²) in [6.45, 7) is 4.52. The standard InChI is InChI=1S/C20H23N3O4S3/c1-13(2)23-16-8-7-15(11-17(16)29-20(23)25)21-19(24)14-5-3-9-22(12-14)30(26,27)18-6-4-10-28-18/h4,6-8,10-11,13-14H,3,5,9,12H2,1-2H3,(H,21,24). The van der Waals surface area contributed by atoms with Gasteiger partial charge in [-0.2, -0.15) is 4.31 Å². The zero-order valence-electron chi connectivity index (χ0n) is 16.7. The van der Waals surface area contributed by atoms with Gasteiger partial charge in [0.05, 0.1) is 16.1 Å². The Balaban J connectivity index is 1.50. The molecule has 1 aliphatic heterocycles. The average Bonchev–Trinajstić information content (AvgIpc) is 3.35. The van der Waals surface area contributed by atoms with Crippen LogP contribution in [0.4, 0.5) is 5.69 Å². The number of sulfonamides is 1. The van der Waals surface area contributed by atoms with E-state index in [1.807, 2.05) is 19.9 Å². The topological polar surface area (TPSA) is 88.5 Å². The van der Waals surface area contributed by atoms with E-state index < -0.39 is 15.9 Å². The lowest BCUT2D eigenvalue weighted by Crippen LogP contribution is -2.43. The van der Waals surface area contributed by atoms with Crippen LogP contribution in [-0.2, 0) is 14.8 Å². The predicted molar refractivity (Wildman–Crippen MR) is 121 cm³/mol. The fourth-order valence-corrected chi connectivity index (χ4v) is 7.48. The maximum Gasteiger partial charge on any atom is 0.308 e. The van der Waals surface area contributed by atoms with Gasteiger partial charge < -0.3 is 5.32 Å². The number of aromatic nitrogens is 1. The van der Waals surface area contributed by atoms with Crippen molar-refractivity contribution in [2.24, 2.45) is 5.92 Å². The summed E-state index contributed by atoms with van der Waals surface area (Å²) in [4.78, 5) is 25.0. The number of carbonyl (C=O) groups excluding carboxylic acids is 1. The highest BCUT2D eigenvalue weighted by Crippen LogP contribution is 2.28. The molecular weight excluding hydrogens is 442 g/mol. The molecule has 160 valence electrons. The van der Waals surface area contributed by atoms with Crippen LogP contribution in [0, 0.1) is 5.92 Å². The molecule has 1 fully saturated rings. The van der Waals surface area contributed by atoms with E-state index >= 15 is 0 Å². The van der Waals surface area contributed by atoms with Crippen molar-refractivity contribution >= 4 is 54.5 Å². The minimum atomic E-state index is -3.56. The molecule has 1 atom stereocenters. The highest BCUT2D eigenvalue weighted by Gasteiger charge is 2.33. The van der Waals surface area contributed by atoms with Crippen molar-refractivity contribution in [2.75, 3.05) is 18.4 Å². The number of anilines is 1. The number of nitrogens with zero attached hydrogens (tertiary/aromatic N) is 2. The van der Waals surface area contributed by atoms with Gasteiger partial charge in [-0.25, -0.2) is 8.42 Å². The number of piperidine rings is 1. The third-order valence-electron chi connectivity index (χ3n) is 5.24. The zero-order valence-corrected chi connectivity index (χ0v) is 19.1. The lowest BCUT2D eigenvalue weighted by atomic mass is 9.98. The third-order valence-corrected chi connectivity index (χ3v) is 9.40. The number of amides is 1. The fraction of sp³-hybridized carbons (Fsp3) is 0.400. The van der Waals surface area contributed by atoms with E-state index in [0.717, 1.165) is 21.6 Å². The van der Waals surface area contributed by atoms with Crippen LogP contribution in [0.2, 0.25) is 0 Å². The fourth-order valence-electron chi connectivity index (χ4n) is 3.76. The molecule has 4 rings (SSSR count). The molecule has 0 bridgehead atoms. The third kappa shape index (κ3) is 3.96. The number of fused-ring (bicyclic) bond motifs is 1. The smallest absolute Gasteiger partial charge is 0.308 e. The summed E-state index contributed by atoms with van der Waals surface area (Å²) in [6.07, 6.45) is 1.28. The van der Waals surface area contributed by atoms with Crippen LogP contribution in [0.1, 0.15) is 32.7 Å². The Kier molecular flexibility index (Phi) is 5.84. The quantitative estimate of drug-likeness (QED) is 0.622. The van der Waals surface area contributed by atoms with Crippen LogP contribution in [0.25, 0.3) is 10.2 Å². The predicted octanol–water partition coefficient (Wildman–Crippen LogP) is 3.74. The van der Waals surface area contributed by atoms with Crippen molar-refractivity contribution in [1.82, 2.24) is 8.87 Å². The van der Waals surface area contributed by atoms with Gasteiger partial charge in [0.25, 0.3) is 10.0 Å². The molecule has 1 saturated heterocycles. The van der Waals surface area contributed by atoms with Gasteiger partial charge in [-0.1, -0.05) is 17.4 Å². The Morgan fingerprint density at radius 3 is 2.77 bits per heavy atom. The number of nitrogens with one attached hydrogen (secondary N) is 1.